The van der Waals surface area contributed by atoms with Crippen molar-refractivity contribution in [2.45, 2.75) is 6.92 Å². The Morgan fingerprint density at radius 2 is 1.62 bits per heavy atom. The van der Waals surface area contributed by atoms with Crippen LogP contribution in [0.4, 0.5) is 5.69 Å². The van der Waals surface area contributed by atoms with Crippen LogP contribution in [0.1, 0.15) is 16.1 Å². The minimum atomic E-state index is -0.378. The summed E-state index contributed by atoms with van der Waals surface area (Å²) in [6.07, 6.45) is 1.60. The summed E-state index contributed by atoms with van der Waals surface area (Å²) in [5.74, 6) is 0.365. The molecule has 0 spiro atoms. The van der Waals surface area contributed by atoms with Crippen molar-refractivity contribution in [3.8, 4) is 16.9 Å². The van der Waals surface area contributed by atoms with Crippen molar-refractivity contribution >= 4 is 23.2 Å². The number of piperazine rings is 1. The third-order valence-corrected chi connectivity index (χ3v) is 6.29. The van der Waals surface area contributed by atoms with Crippen molar-refractivity contribution in [2.24, 2.45) is 0 Å². The van der Waals surface area contributed by atoms with Crippen molar-refractivity contribution in [1.29, 1.82) is 0 Å². The molecule has 0 bridgehead atoms. The molecule has 3 heterocycles. The van der Waals surface area contributed by atoms with E-state index in [4.69, 9.17) is 16.1 Å². The molecule has 1 fully saturated rings. The second-order valence-corrected chi connectivity index (χ2v) is 8.38. The molecule has 9 heteroatoms. The Balaban J connectivity index is 1.33. The second kappa shape index (κ2) is 9.15. The summed E-state index contributed by atoms with van der Waals surface area (Å²) in [6.45, 7) is 3.72. The fourth-order valence-corrected chi connectivity index (χ4v) is 4.37. The van der Waals surface area contributed by atoms with Gasteiger partial charge in [-0.25, -0.2) is 0 Å². The fraction of sp³-hybridized carbons (Fsp3) is 0.200. The number of amides is 1. The van der Waals surface area contributed by atoms with E-state index >= 15 is 0 Å². The van der Waals surface area contributed by atoms with Crippen molar-refractivity contribution in [3.63, 3.8) is 0 Å². The van der Waals surface area contributed by atoms with E-state index in [0.717, 1.165) is 5.56 Å². The first-order valence-corrected chi connectivity index (χ1v) is 11.3. The largest absolute Gasteiger partial charge is 0.365 e. The average Bonchev–Trinajstić information content (AvgIpc) is 3.27. The molecule has 0 unspecified atom stereocenters. The molecule has 1 aliphatic rings. The van der Waals surface area contributed by atoms with Crippen LogP contribution in [0.2, 0.25) is 5.02 Å². The van der Waals surface area contributed by atoms with E-state index in [2.05, 4.69) is 10.3 Å². The second-order valence-electron chi connectivity index (χ2n) is 8.00. The average molecular weight is 476 g/mol. The number of aromatic nitrogens is 3. The van der Waals surface area contributed by atoms with E-state index in [9.17, 15) is 9.59 Å². The minimum absolute atomic E-state index is 0.111. The van der Waals surface area contributed by atoms with Gasteiger partial charge in [-0.3, -0.25) is 9.59 Å². The van der Waals surface area contributed by atoms with Crippen LogP contribution in [0.15, 0.2) is 76.2 Å². The van der Waals surface area contributed by atoms with Crippen LogP contribution >= 0.6 is 11.6 Å². The van der Waals surface area contributed by atoms with Crippen molar-refractivity contribution in [3.05, 3.63) is 93.6 Å². The van der Waals surface area contributed by atoms with Crippen molar-refractivity contribution < 1.29 is 9.32 Å². The molecule has 1 aliphatic heterocycles. The summed E-state index contributed by atoms with van der Waals surface area (Å²) in [7, 11) is 0. The number of anilines is 1. The van der Waals surface area contributed by atoms with Crippen LogP contribution in [-0.2, 0) is 0 Å². The maximum Gasteiger partial charge on any atom is 0.292 e. The number of hydrogen-bond donors (Lipinski definition) is 0. The van der Waals surface area contributed by atoms with Gasteiger partial charge in [-0.05, 0) is 19.1 Å². The van der Waals surface area contributed by atoms with Crippen LogP contribution in [-0.4, -0.2) is 51.9 Å². The number of aryl methyl sites for hydroxylation is 1. The Morgan fingerprint density at radius 3 is 2.29 bits per heavy atom. The number of nitrogens with zero attached hydrogens (tertiary/aromatic N) is 5. The normalized spacial score (nSPS) is 13.8. The molecule has 0 saturated carbocycles. The molecule has 2 aromatic heterocycles. The van der Waals surface area contributed by atoms with Gasteiger partial charge < -0.3 is 14.3 Å². The van der Waals surface area contributed by atoms with Gasteiger partial charge in [0, 0.05) is 31.7 Å². The van der Waals surface area contributed by atoms with Gasteiger partial charge >= 0.3 is 0 Å². The number of halogens is 1. The molecule has 4 aromatic rings. The molecule has 172 valence electrons. The zero-order valence-electron chi connectivity index (χ0n) is 18.5. The maximum atomic E-state index is 13.4. The highest BCUT2D eigenvalue weighted by Crippen LogP contribution is 2.28. The van der Waals surface area contributed by atoms with E-state index in [1.807, 2.05) is 53.4 Å². The van der Waals surface area contributed by atoms with Gasteiger partial charge in [0.15, 0.2) is 0 Å². The predicted octanol–water partition coefficient (Wildman–Crippen LogP) is 3.81. The van der Waals surface area contributed by atoms with Gasteiger partial charge in [-0.15, -0.1) is 0 Å². The summed E-state index contributed by atoms with van der Waals surface area (Å²) in [4.78, 5) is 29.9. The van der Waals surface area contributed by atoms with Gasteiger partial charge in [0.1, 0.15) is 22.0 Å². The molecule has 5 rings (SSSR count). The Hall–Kier alpha value is -3.91. The summed E-state index contributed by atoms with van der Waals surface area (Å²) < 4.78 is 6.64. The molecule has 1 amide bonds. The standard InChI is InChI=1S/C25H22ClN5O3/c1-17-21(23(28-34-17)18-8-4-2-5-9-18)24(32)30-14-12-29(13-15-30)20-16-27-31(25(33)22(20)26)19-10-6-3-7-11-19/h2-11,16H,12-15H2,1H3. The molecule has 0 aliphatic carbocycles. The number of hydrogen-bond acceptors (Lipinski definition) is 6. The van der Waals surface area contributed by atoms with Gasteiger partial charge in [0.25, 0.3) is 11.5 Å². The van der Waals surface area contributed by atoms with Gasteiger partial charge in [0.05, 0.1) is 17.6 Å². The zero-order valence-corrected chi connectivity index (χ0v) is 19.3. The zero-order chi connectivity index (χ0) is 23.7. The van der Waals surface area contributed by atoms with E-state index < -0.39 is 0 Å². The number of rotatable bonds is 4. The lowest BCUT2D eigenvalue weighted by Gasteiger charge is -2.36. The first kappa shape index (κ1) is 21.9. The number of carbonyl (C=O) groups is 1. The minimum Gasteiger partial charge on any atom is -0.365 e. The molecule has 0 N–H and O–H groups in total. The summed E-state index contributed by atoms with van der Waals surface area (Å²) in [5.41, 5.74) is 2.69. The molecular formula is C25H22ClN5O3. The molecule has 0 atom stereocenters. The van der Waals surface area contributed by atoms with Crippen LogP contribution in [0, 0.1) is 6.92 Å². The molecule has 2 aromatic carbocycles. The van der Waals surface area contributed by atoms with Gasteiger partial charge in [-0.1, -0.05) is 65.3 Å². The van der Waals surface area contributed by atoms with Crippen LogP contribution < -0.4 is 10.5 Å². The Labute approximate surface area is 201 Å². The molecule has 8 nitrogen and oxygen atoms in total. The van der Waals surface area contributed by atoms with Gasteiger partial charge in [0.2, 0.25) is 0 Å². The third kappa shape index (κ3) is 3.97. The lowest BCUT2D eigenvalue weighted by Crippen LogP contribution is -2.49. The highest BCUT2D eigenvalue weighted by atomic mass is 35.5. The highest BCUT2D eigenvalue weighted by molar-refractivity contribution is 6.33. The third-order valence-electron chi connectivity index (χ3n) is 5.93. The summed E-state index contributed by atoms with van der Waals surface area (Å²) in [5, 5.41) is 8.55. The molecule has 34 heavy (non-hydrogen) atoms. The van der Waals surface area contributed by atoms with Crippen LogP contribution in [0.3, 0.4) is 0 Å². The van der Waals surface area contributed by atoms with Crippen molar-refractivity contribution in [2.75, 3.05) is 31.1 Å². The number of para-hydroxylation sites is 1. The predicted molar refractivity (Wildman–Crippen MR) is 130 cm³/mol. The Bertz CT molecular complexity index is 1380. The monoisotopic (exact) mass is 475 g/mol. The lowest BCUT2D eigenvalue weighted by molar-refractivity contribution is 0.0745. The Kier molecular flexibility index (Phi) is 5.90. The summed E-state index contributed by atoms with van der Waals surface area (Å²) in [6, 6.07) is 18.6. The lowest BCUT2D eigenvalue weighted by atomic mass is 10.0. The van der Waals surface area contributed by atoms with E-state index in [-0.39, 0.29) is 16.5 Å². The van der Waals surface area contributed by atoms with Crippen LogP contribution in [0.25, 0.3) is 16.9 Å². The Morgan fingerprint density at radius 1 is 0.971 bits per heavy atom. The first-order chi connectivity index (χ1) is 16.5. The number of benzene rings is 2. The topological polar surface area (TPSA) is 84.5 Å². The molecular weight excluding hydrogens is 454 g/mol. The molecule has 0 radical (unpaired) electrons. The SMILES string of the molecule is Cc1onc(-c2ccccc2)c1C(=O)N1CCN(c2cnn(-c3ccccc3)c(=O)c2Cl)CC1. The highest BCUT2D eigenvalue weighted by Gasteiger charge is 2.29. The summed E-state index contributed by atoms with van der Waals surface area (Å²) >= 11 is 6.45. The van der Waals surface area contributed by atoms with Gasteiger partial charge in [-0.2, -0.15) is 9.78 Å². The van der Waals surface area contributed by atoms with Crippen LogP contribution in [0.5, 0.6) is 0 Å². The number of carbonyl (C=O) groups excluding carboxylic acids is 1. The molecule has 1 saturated heterocycles. The first-order valence-electron chi connectivity index (χ1n) is 10.9. The quantitative estimate of drug-likeness (QED) is 0.446. The smallest absolute Gasteiger partial charge is 0.292 e. The van der Waals surface area contributed by atoms with E-state index in [0.29, 0.717) is 54.6 Å². The fourth-order valence-electron chi connectivity index (χ4n) is 4.12. The maximum absolute atomic E-state index is 13.4. The van der Waals surface area contributed by atoms with E-state index in [1.165, 1.54) is 4.68 Å². The van der Waals surface area contributed by atoms with E-state index in [1.54, 1.807) is 30.2 Å². The van der Waals surface area contributed by atoms with Crippen molar-refractivity contribution in [1.82, 2.24) is 19.8 Å².